The second-order valence-corrected chi connectivity index (χ2v) is 7.90. The van der Waals surface area contributed by atoms with Gasteiger partial charge < -0.3 is 9.64 Å². The smallest absolute Gasteiger partial charge is 0.277 e. The highest BCUT2D eigenvalue weighted by molar-refractivity contribution is 6.35. The predicted molar refractivity (Wildman–Crippen MR) is 108 cm³/mol. The molecule has 1 aromatic rings. The van der Waals surface area contributed by atoms with Crippen LogP contribution in [0.3, 0.4) is 0 Å². The monoisotopic (exact) mass is 401 g/mol. The van der Waals surface area contributed by atoms with Gasteiger partial charge >= 0.3 is 0 Å². The van der Waals surface area contributed by atoms with Crippen molar-refractivity contribution in [3.8, 4) is 0 Å². The van der Waals surface area contributed by atoms with Crippen molar-refractivity contribution in [2.24, 2.45) is 5.92 Å². The van der Waals surface area contributed by atoms with E-state index in [0.717, 1.165) is 12.8 Å². The van der Waals surface area contributed by atoms with Crippen LogP contribution in [0.25, 0.3) is 5.57 Å². The Morgan fingerprint density at radius 2 is 1.90 bits per heavy atom. The van der Waals surface area contributed by atoms with Crippen molar-refractivity contribution in [3.63, 3.8) is 0 Å². The number of nitrogens with zero attached hydrogens (tertiary/aromatic N) is 3. The van der Waals surface area contributed by atoms with Crippen LogP contribution in [0.2, 0.25) is 0 Å². The third-order valence-electron chi connectivity index (χ3n) is 5.25. The Morgan fingerprint density at radius 3 is 2.48 bits per heavy atom. The molecule has 2 aliphatic rings. The number of hydrogen-bond acceptors (Lipinski definition) is 6. The van der Waals surface area contributed by atoms with E-state index in [1.807, 2.05) is 18.7 Å². The van der Waals surface area contributed by atoms with E-state index in [4.69, 9.17) is 4.74 Å². The molecular formula is C21H27N3O5. The first-order valence-electron chi connectivity index (χ1n) is 10.0. The van der Waals surface area contributed by atoms with Crippen molar-refractivity contribution in [2.45, 2.75) is 39.7 Å². The van der Waals surface area contributed by atoms with Crippen molar-refractivity contribution in [3.05, 3.63) is 45.6 Å². The van der Waals surface area contributed by atoms with Crippen molar-refractivity contribution in [1.82, 2.24) is 9.80 Å². The SMILES string of the molecule is CC1CCCN(C2=C(c3ccc([N+](=O)[O-])cc3)C(=O)N(CCOC(C)C)C2=O)C1. The number of imide groups is 1. The topological polar surface area (TPSA) is 93.0 Å². The summed E-state index contributed by atoms with van der Waals surface area (Å²) in [5.41, 5.74) is 1.19. The van der Waals surface area contributed by atoms with Crippen LogP contribution < -0.4 is 0 Å². The quantitative estimate of drug-likeness (QED) is 0.396. The molecular weight excluding hydrogens is 374 g/mol. The number of likely N-dealkylation sites (tertiary alicyclic amines) is 1. The molecule has 8 nitrogen and oxygen atoms in total. The maximum Gasteiger partial charge on any atom is 0.277 e. The number of nitro benzene ring substituents is 1. The molecule has 0 spiro atoms. The van der Waals surface area contributed by atoms with E-state index in [2.05, 4.69) is 6.92 Å². The lowest BCUT2D eigenvalue weighted by Gasteiger charge is -2.33. The van der Waals surface area contributed by atoms with E-state index < -0.39 is 4.92 Å². The third-order valence-corrected chi connectivity index (χ3v) is 5.25. The van der Waals surface area contributed by atoms with Gasteiger partial charge in [-0.05, 0) is 50.3 Å². The van der Waals surface area contributed by atoms with Crippen LogP contribution in [0.1, 0.15) is 39.2 Å². The number of ether oxygens (including phenoxy) is 1. The minimum atomic E-state index is -0.484. The van der Waals surface area contributed by atoms with Crippen LogP contribution in [0.5, 0.6) is 0 Å². The lowest BCUT2D eigenvalue weighted by atomic mass is 9.97. The summed E-state index contributed by atoms with van der Waals surface area (Å²) in [6, 6.07) is 5.81. The van der Waals surface area contributed by atoms with Gasteiger partial charge in [-0.25, -0.2) is 0 Å². The van der Waals surface area contributed by atoms with Gasteiger partial charge in [0.1, 0.15) is 5.70 Å². The summed E-state index contributed by atoms with van der Waals surface area (Å²) >= 11 is 0. The standard InChI is InChI=1S/C21H27N3O5/c1-14(2)29-12-11-23-20(25)18(16-6-8-17(9-7-16)24(27)28)19(21(23)26)22-10-4-5-15(3)13-22/h6-9,14-15H,4-5,10-13H2,1-3H3. The van der Waals surface area contributed by atoms with Crippen molar-refractivity contribution in [2.75, 3.05) is 26.2 Å². The van der Waals surface area contributed by atoms with E-state index in [1.54, 1.807) is 12.1 Å². The van der Waals surface area contributed by atoms with Gasteiger partial charge in [0, 0.05) is 25.2 Å². The van der Waals surface area contributed by atoms with Gasteiger partial charge in [0.05, 0.1) is 29.8 Å². The van der Waals surface area contributed by atoms with Crippen molar-refractivity contribution < 1.29 is 19.2 Å². The highest BCUT2D eigenvalue weighted by Gasteiger charge is 2.42. The largest absolute Gasteiger partial charge is 0.377 e. The Kier molecular flexibility index (Phi) is 6.32. The van der Waals surface area contributed by atoms with Gasteiger partial charge in [-0.2, -0.15) is 0 Å². The highest BCUT2D eigenvalue weighted by atomic mass is 16.6. The normalized spacial score (nSPS) is 20.2. The molecule has 8 heteroatoms. The maximum atomic E-state index is 13.2. The number of amides is 2. The lowest BCUT2D eigenvalue weighted by molar-refractivity contribution is -0.384. The molecule has 1 unspecified atom stereocenters. The van der Waals surface area contributed by atoms with E-state index in [1.165, 1.54) is 17.0 Å². The molecule has 0 saturated carbocycles. The van der Waals surface area contributed by atoms with Crippen LogP contribution in [-0.2, 0) is 14.3 Å². The zero-order valence-corrected chi connectivity index (χ0v) is 17.1. The minimum absolute atomic E-state index is 0.00678. The van der Waals surface area contributed by atoms with Crippen LogP contribution >= 0.6 is 0 Å². The number of carbonyl (C=O) groups excluding carboxylic acids is 2. The summed E-state index contributed by atoms with van der Waals surface area (Å²) in [6.45, 7) is 7.80. The van der Waals surface area contributed by atoms with E-state index in [-0.39, 0.29) is 36.8 Å². The first kappa shape index (κ1) is 21.0. The fourth-order valence-electron chi connectivity index (χ4n) is 3.84. The zero-order valence-electron chi connectivity index (χ0n) is 17.1. The number of carbonyl (C=O) groups is 2. The molecule has 1 atom stereocenters. The first-order valence-corrected chi connectivity index (χ1v) is 10.0. The van der Waals surface area contributed by atoms with Crippen LogP contribution in [0.15, 0.2) is 30.0 Å². The Bertz CT molecular complexity index is 831. The summed E-state index contributed by atoms with van der Waals surface area (Å²) in [5.74, 6) is -0.259. The first-order chi connectivity index (χ1) is 13.8. The number of benzene rings is 1. The summed E-state index contributed by atoms with van der Waals surface area (Å²) < 4.78 is 5.53. The second kappa shape index (κ2) is 8.73. The molecule has 0 bridgehead atoms. The summed E-state index contributed by atoms with van der Waals surface area (Å²) in [6.07, 6.45) is 2.05. The molecule has 1 fully saturated rings. The Hall–Kier alpha value is -2.74. The summed E-state index contributed by atoms with van der Waals surface area (Å²) in [7, 11) is 0. The average Bonchev–Trinajstić information content (AvgIpc) is 2.92. The number of rotatable bonds is 7. The van der Waals surface area contributed by atoms with Crippen LogP contribution in [0.4, 0.5) is 5.69 Å². The third kappa shape index (κ3) is 4.48. The fraction of sp³-hybridized carbons (Fsp3) is 0.524. The molecule has 2 heterocycles. The van der Waals surface area contributed by atoms with Crippen LogP contribution in [0, 0.1) is 16.0 Å². The van der Waals surface area contributed by atoms with Gasteiger partial charge in [0.25, 0.3) is 17.5 Å². The van der Waals surface area contributed by atoms with Crippen molar-refractivity contribution in [1.29, 1.82) is 0 Å². The molecule has 0 radical (unpaired) electrons. The van der Waals surface area contributed by atoms with Gasteiger partial charge in [-0.3, -0.25) is 24.6 Å². The van der Waals surface area contributed by atoms with Gasteiger partial charge in [0.2, 0.25) is 0 Å². The molecule has 1 aromatic carbocycles. The van der Waals surface area contributed by atoms with E-state index in [9.17, 15) is 19.7 Å². The van der Waals surface area contributed by atoms with Crippen molar-refractivity contribution >= 4 is 23.1 Å². The molecule has 29 heavy (non-hydrogen) atoms. The Balaban J connectivity index is 1.96. The number of hydrogen-bond donors (Lipinski definition) is 0. The Labute approximate surface area is 170 Å². The van der Waals surface area contributed by atoms with Gasteiger partial charge in [0.15, 0.2) is 0 Å². The summed E-state index contributed by atoms with van der Waals surface area (Å²) in [5, 5.41) is 11.0. The number of non-ortho nitro benzene ring substituents is 1. The lowest BCUT2D eigenvalue weighted by Crippen LogP contribution is -2.40. The molecule has 2 amide bonds. The summed E-state index contributed by atoms with van der Waals surface area (Å²) in [4.78, 5) is 40.1. The van der Waals surface area contributed by atoms with E-state index in [0.29, 0.717) is 35.8 Å². The zero-order chi connectivity index (χ0) is 21.1. The predicted octanol–water partition coefficient (Wildman–Crippen LogP) is 2.83. The second-order valence-electron chi connectivity index (χ2n) is 7.90. The Morgan fingerprint density at radius 1 is 1.21 bits per heavy atom. The molecule has 1 saturated heterocycles. The molecule has 0 aromatic heterocycles. The van der Waals surface area contributed by atoms with Crippen LogP contribution in [-0.4, -0.2) is 58.9 Å². The average molecular weight is 401 g/mol. The molecule has 2 aliphatic heterocycles. The molecule has 0 aliphatic carbocycles. The molecule has 156 valence electrons. The van der Waals surface area contributed by atoms with E-state index >= 15 is 0 Å². The minimum Gasteiger partial charge on any atom is -0.377 e. The molecule has 3 rings (SSSR count). The fourth-order valence-corrected chi connectivity index (χ4v) is 3.84. The number of nitro groups is 1. The molecule has 0 N–H and O–H groups in total. The van der Waals surface area contributed by atoms with Gasteiger partial charge in [-0.1, -0.05) is 6.92 Å². The maximum absolute atomic E-state index is 13.2. The number of piperidine rings is 1. The van der Waals surface area contributed by atoms with Gasteiger partial charge in [-0.15, -0.1) is 0 Å². The highest BCUT2D eigenvalue weighted by Crippen LogP contribution is 2.34.